The lowest BCUT2D eigenvalue weighted by molar-refractivity contribution is -0.132. The van der Waals surface area contributed by atoms with Crippen LogP contribution in [-0.2, 0) is 4.79 Å². The minimum Gasteiger partial charge on any atom is -0.353 e. The monoisotopic (exact) mass is 300 g/mol. The smallest absolute Gasteiger partial charge is 0.241 e. The Hall–Kier alpha value is -2.15. The Morgan fingerprint density at radius 2 is 2.09 bits per heavy atom. The zero-order chi connectivity index (χ0) is 14.9. The Kier molecular flexibility index (Phi) is 3.42. The van der Waals surface area contributed by atoms with Crippen molar-refractivity contribution in [2.45, 2.75) is 18.9 Å². The summed E-state index contributed by atoms with van der Waals surface area (Å²) < 4.78 is 0. The number of fused-ring (bicyclic) bond motifs is 1. The van der Waals surface area contributed by atoms with Gasteiger partial charge in [0.05, 0.1) is 5.39 Å². The average Bonchev–Trinajstić information content (AvgIpc) is 3.25. The maximum atomic E-state index is 12.6. The van der Waals surface area contributed by atoms with E-state index in [2.05, 4.69) is 25.2 Å². The number of amides is 1. The number of nitrogens with one attached hydrogen (secondary N) is 2. The summed E-state index contributed by atoms with van der Waals surface area (Å²) in [5, 5.41) is 4.36. The van der Waals surface area contributed by atoms with Crippen LogP contribution in [0.1, 0.15) is 12.8 Å². The van der Waals surface area contributed by atoms with Gasteiger partial charge in [0, 0.05) is 38.9 Å². The van der Waals surface area contributed by atoms with Crippen LogP contribution in [0.2, 0.25) is 0 Å². The minimum atomic E-state index is -0.143. The number of carbonyl (C=O) groups excluding carboxylic acids is 1. The lowest BCUT2D eigenvalue weighted by Gasteiger charge is -2.35. The Bertz CT molecular complexity index is 677. The van der Waals surface area contributed by atoms with E-state index < -0.39 is 0 Å². The highest BCUT2D eigenvalue weighted by Gasteiger charge is 2.31. The molecule has 2 saturated heterocycles. The van der Waals surface area contributed by atoms with Gasteiger partial charge in [-0.3, -0.25) is 4.79 Å². The number of rotatable bonds is 2. The molecule has 2 aliphatic heterocycles. The summed E-state index contributed by atoms with van der Waals surface area (Å²) in [4.78, 5) is 28.5. The van der Waals surface area contributed by atoms with Crippen LogP contribution in [0.3, 0.4) is 0 Å². The second-order valence-corrected chi connectivity index (χ2v) is 5.92. The highest BCUT2D eigenvalue weighted by atomic mass is 16.2. The summed E-state index contributed by atoms with van der Waals surface area (Å²) in [5.41, 5.74) is 0.839. The van der Waals surface area contributed by atoms with Crippen molar-refractivity contribution in [2.24, 2.45) is 0 Å². The normalized spacial score (nSPS) is 22.5. The van der Waals surface area contributed by atoms with Gasteiger partial charge in [0.25, 0.3) is 0 Å². The second-order valence-electron chi connectivity index (χ2n) is 5.92. The van der Waals surface area contributed by atoms with Crippen molar-refractivity contribution in [2.75, 3.05) is 37.6 Å². The third-order valence-electron chi connectivity index (χ3n) is 4.52. The SMILES string of the molecule is O=C([C@H]1CN(c2ncnc3[nH]ccc23)CCN1)N1CCCC1. The molecule has 116 valence electrons. The summed E-state index contributed by atoms with van der Waals surface area (Å²) in [5.74, 6) is 1.13. The van der Waals surface area contributed by atoms with Crippen LogP contribution in [0.5, 0.6) is 0 Å². The third kappa shape index (κ3) is 2.31. The Morgan fingerprint density at radius 1 is 1.23 bits per heavy atom. The van der Waals surface area contributed by atoms with Gasteiger partial charge in [-0.25, -0.2) is 9.97 Å². The Morgan fingerprint density at radius 3 is 2.95 bits per heavy atom. The predicted molar refractivity (Wildman–Crippen MR) is 83.7 cm³/mol. The minimum absolute atomic E-state index is 0.143. The molecule has 2 aromatic rings. The molecule has 22 heavy (non-hydrogen) atoms. The number of hydrogen-bond acceptors (Lipinski definition) is 5. The highest BCUT2D eigenvalue weighted by molar-refractivity contribution is 5.88. The van der Waals surface area contributed by atoms with Gasteiger partial charge in [-0.15, -0.1) is 0 Å². The van der Waals surface area contributed by atoms with Crippen LogP contribution in [0.25, 0.3) is 11.0 Å². The van der Waals surface area contributed by atoms with E-state index in [0.29, 0.717) is 6.54 Å². The number of anilines is 1. The molecule has 0 unspecified atom stereocenters. The first-order valence-corrected chi connectivity index (χ1v) is 7.88. The van der Waals surface area contributed by atoms with Gasteiger partial charge in [0.1, 0.15) is 23.8 Å². The van der Waals surface area contributed by atoms with Gasteiger partial charge in [-0.2, -0.15) is 0 Å². The van der Waals surface area contributed by atoms with Crippen LogP contribution in [0, 0.1) is 0 Å². The van der Waals surface area contributed by atoms with Gasteiger partial charge in [-0.05, 0) is 18.9 Å². The number of likely N-dealkylation sites (tertiary alicyclic amines) is 1. The van der Waals surface area contributed by atoms with Crippen molar-refractivity contribution >= 4 is 22.8 Å². The van der Waals surface area contributed by atoms with Gasteiger partial charge >= 0.3 is 0 Å². The highest BCUT2D eigenvalue weighted by Crippen LogP contribution is 2.23. The van der Waals surface area contributed by atoms with Crippen LogP contribution < -0.4 is 10.2 Å². The Balaban J connectivity index is 1.55. The first kappa shape index (κ1) is 13.5. The molecule has 1 amide bonds. The zero-order valence-electron chi connectivity index (χ0n) is 12.5. The molecule has 0 radical (unpaired) electrons. The number of aromatic amines is 1. The van der Waals surface area contributed by atoms with Crippen molar-refractivity contribution in [3.63, 3.8) is 0 Å². The lowest BCUT2D eigenvalue weighted by Crippen LogP contribution is -2.57. The van der Waals surface area contributed by atoms with Crippen molar-refractivity contribution in [3.8, 4) is 0 Å². The van der Waals surface area contributed by atoms with Crippen molar-refractivity contribution in [1.29, 1.82) is 0 Å². The zero-order valence-corrected chi connectivity index (χ0v) is 12.5. The molecule has 0 saturated carbocycles. The van der Waals surface area contributed by atoms with Gasteiger partial charge in [0.2, 0.25) is 5.91 Å². The molecule has 1 atom stereocenters. The molecule has 4 heterocycles. The van der Waals surface area contributed by atoms with Crippen LogP contribution >= 0.6 is 0 Å². The van der Waals surface area contributed by atoms with Crippen LogP contribution in [-0.4, -0.2) is 64.5 Å². The predicted octanol–water partition coefficient (Wildman–Crippen LogP) is 0.359. The molecule has 0 aromatic carbocycles. The fraction of sp³-hybridized carbons (Fsp3) is 0.533. The molecule has 0 aliphatic carbocycles. The largest absolute Gasteiger partial charge is 0.353 e. The van der Waals surface area contributed by atoms with Gasteiger partial charge in [-0.1, -0.05) is 0 Å². The maximum absolute atomic E-state index is 12.6. The van der Waals surface area contributed by atoms with E-state index in [0.717, 1.165) is 55.9 Å². The maximum Gasteiger partial charge on any atom is 0.241 e. The quantitative estimate of drug-likeness (QED) is 0.837. The first-order valence-electron chi connectivity index (χ1n) is 7.88. The fourth-order valence-electron chi connectivity index (χ4n) is 3.38. The van der Waals surface area contributed by atoms with Gasteiger partial charge < -0.3 is 20.1 Å². The molecule has 4 rings (SSSR count). The number of nitrogens with zero attached hydrogens (tertiary/aromatic N) is 4. The molecule has 7 heteroatoms. The molecular formula is C15H20N6O. The molecule has 7 nitrogen and oxygen atoms in total. The molecular weight excluding hydrogens is 280 g/mol. The molecule has 2 fully saturated rings. The number of hydrogen-bond donors (Lipinski definition) is 2. The van der Waals surface area contributed by atoms with E-state index >= 15 is 0 Å². The van der Waals surface area contributed by atoms with Crippen molar-refractivity contribution in [1.82, 2.24) is 25.2 Å². The summed E-state index contributed by atoms with van der Waals surface area (Å²) in [6, 6.07) is 1.85. The summed E-state index contributed by atoms with van der Waals surface area (Å²) >= 11 is 0. The van der Waals surface area contributed by atoms with Gasteiger partial charge in [0.15, 0.2) is 0 Å². The molecule has 2 aliphatic rings. The van der Waals surface area contributed by atoms with E-state index in [1.54, 1.807) is 6.33 Å². The summed E-state index contributed by atoms with van der Waals surface area (Å²) in [6.45, 7) is 4.09. The molecule has 0 spiro atoms. The summed E-state index contributed by atoms with van der Waals surface area (Å²) in [7, 11) is 0. The fourth-order valence-corrected chi connectivity index (χ4v) is 3.38. The average molecular weight is 300 g/mol. The third-order valence-corrected chi connectivity index (χ3v) is 4.52. The topological polar surface area (TPSA) is 77.1 Å². The van der Waals surface area contributed by atoms with E-state index in [4.69, 9.17) is 0 Å². The number of piperazine rings is 1. The van der Waals surface area contributed by atoms with Crippen LogP contribution in [0.15, 0.2) is 18.6 Å². The van der Waals surface area contributed by atoms with E-state index in [1.165, 1.54) is 0 Å². The van der Waals surface area contributed by atoms with E-state index in [1.807, 2.05) is 17.2 Å². The first-order chi connectivity index (χ1) is 10.8. The summed E-state index contributed by atoms with van der Waals surface area (Å²) in [6.07, 6.45) is 5.70. The number of carbonyl (C=O) groups is 1. The molecule has 2 aromatic heterocycles. The van der Waals surface area contributed by atoms with Crippen molar-refractivity contribution in [3.05, 3.63) is 18.6 Å². The van der Waals surface area contributed by atoms with Crippen molar-refractivity contribution < 1.29 is 4.79 Å². The van der Waals surface area contributed by atoms with E-state index in [-0.39, 0.29) is 11.9 Å². The lowest BCUT2D eigenvalue weighted by atomic mass is 10.1. The Labute approximate surface area is 128 Å². The molecule has 0 bridgehead atoms. The number of aromatic nitrogens is 3. The van der Waals surface area contributed by atoms with E-state index in [9.17, 15) is 4.79 Å². The second kappa shape index (κ2) is 5.57. The molecule has 2 N–H and O–H groups in total. The number of H-pyrrole nitrogens is 1. The van der Waals surface area contributed by atoms with Crippen LogP contribution in [0.4, 0.5) is 5.82 Å². The standard InChI is InChI=1S/C15H20N6O/c22-15(20-6-1-2-7-20)12-9-21(8-5-16-12)14-11-3-4-17-13(11)18-10-19-14/h3-4,10,12,16H,1-2,5-9H2,(H,17,18,19)/t12-/m1/s1.